The molecular formula is C15H22N2O3. The molecule has 110 valence electrons. The molecule has 1 aromatic rings. The lowest BCUT2D eigenvalue weighted by molar-refractivity contribution is -0.141. The molecule has 0 aromatic heterocycles. The third-order valence-corrected chi connectivity index (χ3v) is 3.24. The molecule has 0 saturated carbocycles. The van der Waals surface area contributed by atoms with E-state index in [2.05, 4.69) is 11.4 Å². The van der Waals surface area contributed by atoms with Crippen molar-refractivity contribution in [3.05, 3.63) is 34.9 Å². The zero-order chi connectivity index (χ0) is 15.3. The number of aryl methyl sites for hydroxylation is 2. The van der Waals surface area contributed by atoms with Gasteiger partial charge in [-0.2, -0.15) is 0 Å². The number of nitrogens with zero attached hydrogens (tertiary/aromatic N) is 1. The smallest absolute Gasteiger partial charge is 0.317 e. The van der Waals surface area contributed by atoms with Gasteiger partial charge >= 0.3 is 12.0 Å². The van der Waals surface area contributed by atoms with E-state index in [4.69, 9.17) is 5.11 Å². The van der Waals surface area contributed by atoms with E-state index < -0.39 is 11.9 Å². The average Bonchev–Trinajstić information content (AvgIpc) is 2.37. The number of amides is 2. The summed E-state index contributed by atoms with van der Waals surface area (Å²) in [6.07, 6.45) is 0. The first-order valence-electron chi connectivity index (χ1n) is 6.59. The summed E-state index contributed by atoms with van der Waals surface area (Å²) in [7, 11) is 1.59. The van der Waals surface area contributed by atoms with Gasteiger partial charge in [-0.15, -0.1) is 0 Å². The summed E-state index contributed by atoms with van der Waals surface area (Å²) in [6.45, 7) is 6.24. The molecule has 1 unspecified atom stereocenters. The largest absolute Gasteiger partial charge is 0.481 e. The fraction of sp³-hybridized carbons (Fsp3) is 0.467. The Hall–Kier alpha value is -2.04. The molecule has 5 nitrogen and oxygen atoms in total. The molecule has 1 rings (SSSR count). The first kappa shape index (κ1) is 16.0. The van der Waals surface area contributed by atoms with Crippen molar-refractivity contribution in [1.29, 1.82) is 0 Å². The van der Waals surface area contributed by atoms with Crippen LogP contribution in [-0.4, -0.2) is 35.6 Å². The van der Waals surface area contributed by atoms with Crippen LogP contribution in [-0.2, 0) is 11.3 Å². The summed E-state index contributed by atoms with van der Waals surface area (Å²) >= 11 is 0. The third kappa shape index (κ3) is 4.57. The number of carboxylic acids is 1. The SMILES string of the molecule is Cc1ccc(CNC(=O)N(C)CC(C)C(=O)O)c(C)c1. The van der Waals surface area contributed by atoms with Crippen molar-refractivity contribution in [2.75, 3.05) is 13.6 Å². The molecule has 2 N–H and O–H groups in total. The second-order valence-corrected chi connectivity index (χ2v) is 5.21. The molecule has 0 fully saturated rings. The molecule has 0 heterocycles. The monoisotopic (exact) mass is 278 g/mol. The van der Waals surface area contributed by atoms with E-state index in [1.54, 1.807) is 14.0 Å². The number of hydrogen-bond acceptors (Lipinski definition) is 2. The first-order chi connectivity index (χ1) is 9.31. The quantitative estimate of drug-likeness (QED) is 0.867. The van der Waals surface area contributed by atoms with Gasteiger partial charge in [0, 0.05) is 20.1 Å². The minimum Gasteiger partial charge on any atom is -0.481 e. The maximum absolute atomic E-state index is 11.9. The normalized spacial score (nSPS) is 11.8. The first-order valence-corrected chi connectivity index (χ1v) is 6.59. The van der Waals surface area contributed by atoms with Gasteiger partial charge in [0.15, 0.2) is 0 Å². The zero-order valence-corrected chi connectivity index (χ0v) is 12.4. The van der Waals surface area contributed by atoms with Crippen molar-refractivity contribution < 1.29 is 14.7 Å². The van der Waals surface area contributed by atoms with Crippen LogP contribution in [0.2, 0.25) is 0 Å². The predicted molar refractivity (Wildman–Crippen MR) is 77.6 cm³/mol. The maximum atomic E-state index is 11.9. The van der Waals surface area contributed by atoms with Crippen LogP contribution in [0.5, 0.6) is 0 Å². The summed E-state index contributed by atoms with van der Waals surface area (Å²) in [4.78, 5) is 24.0. The molecule has 1 aromatic carbocycles. The van der Waals surface area contributed by atoms with E-state index in [0.29, 0.717) is 6.54 Å². The molecule has 1 atom stereocenters. The average molecular weight is 278 g/mol. The second kappa shape index (κ2) is 6.93. The molecule has 0 spiro atoms. The number of aliphatic carboxylic acids is 1. The van der Waals surface area contributed by atoms with E-state index in [9.17, 15) is 9.59 Å². The maximum Gasteiger partial charge on any atom is 0.317 e. The van der Waals surface area contributed by atoms with Gasteiger partial charge in [0.05, 0.1) is 5.92 Å². The van der Waals surface area contributed by atoms with Crippen LogP contribution >= 0.6 is 0 Å². The van der Waals surface area contributed by atoms with E-state index in [1.165, 1.54) is 10.5 Å². The van der Waals surface area contributed by atoms with Crippen LogP contribution in [0, 0.1) is 19.8 Å². The van der Waals surface area contributed by atoms with Gasteiger partial charge in [-0.25, -0.2) is 4.79 Å². The van der Waals surface area contributed by atoms with Crippen LogP contribution in [0.15, 0.2) is 18.2 Å². The fourth-order valence-electron chi connectivity index (χ4n) is 1.92. The molecule has 0 aliphatic heterocycles. The second-order valence-electron chi connectivity index (χ2n) is 5.21. The summed E-state index contributed by atoms with van der Waals surface area (Å²) in [5, 5.41) is 11.6. The van der Waals surface area contributed by atoms with Crippen molar-refractivity contribution in [3.8, 4) is 0 Å². The molecule has 0 aliphatic rings. The van der Waals surface area contributed by atoms with Gasteiger partial charge in [-0.1, -0.05) is 30.7 Å². The van der Waals surface area contributed by atoms with Gasteiger partial charge in [-0.05, 0) is 25.0 Å². The predicted octanol–water partition coefficient (Wildman–Crippen LogP) is 2.17. The summed E-state index contributed by atoms with van der Waals surface area (Å²) < 4.78 is 0. The number of hydrogen-bond donors (Lipinski definition) is 2. The molecule has 2 amide bonds. The standard InChI is InChI=1S/C15H22N2O3/c1-10-5-6-13(11(2)7-10)8-16-15(20)17(4)9-12(3)14(18)19/h5-7,12H,8-9H2,1-4H3,(H,16,20)(H,18,19). The Morgan fingerprint density at radius 1 is 1.35 bits per heavy atom. The molecule has 5 heteroatoms. The highest BCUT2D eigenvalue weighted by Crippen LogP contribution is 2.10. The van der Waals surface area contributed by atoms with Gasteiger partial charge < -0.3 is 15.3 Å². The van der Waals surface area contributed by atoms with Crippen molar-refractivity contribution in [2.45, 2.75) is 27.3 Å². The molecule has 0 bridgehead atoms. The lowest BCUT2D eigenvalue weighted by atomic mass is 10.1. The van der Waals surface area contributed by atoms with E-state index in [-0.39, 0.29) is 12.6 Å². The molecule has 0 aliphatic carbocycles. The Morgan fingerprint density at radius 3 is 2.55 bits per heavy atom. The van der Waals surface area contributed by atoms with Crippen LogP contribution in [0.4, 0.5) is 4.79 Å². The van der Waals surface area contributed by atoms with Gasteiger partial charge in [-0.3, -0.25) is 4.79 Å². The third-order valence-electron chi connectivity index (χ3n) is 3.24. The van der Waals surface area contributed by atoms with Gasteiger partial charge in [0.1, 0.15) is 0 Å². The van der Waals surface area contributed by atoms with Crippen molar-refractivity contribution in [2.24, 2.45) is 5.92 Å². The molecule has 20 heavy (non-hydrogen) atoms. The number of carbonyl (C=O) groups is 2. The number of carbonyl (C=O) groups excluding carboxylic acids is 1. The lowest BCUT2D eigenvalue weighted by Crippen LogP contribution is -2.40. The van der Waals surface area contributed by atoms with Crippen LogP contribution in [0.3, 0.4) is 0 Å². The minimum absolute atomic E-state index is 0.189. The highest BCUT2D eigenvalue weighted by atomic mass is 16.4. The van der Waals surface area contributed by atoms with Crippen LogP contribution in [0.1, 0.15) is 23.6 Å². The topological polar surface area (TPSA) is 69.6 Å². The molecular weight excluding hydrogens is 256 g/mol. The van der Waals surface area contributed by atoms with Crippen LogP contribution < -0.4 is 5.32 Å². The van der Waals surface area contributed by atoms with E-state index in [0.717, 1.165) is 11.1 Å². The highest BCUT2D eigenvalue weighted by molar-refractivity contribution is 5.75. The Morgan fingerprint density at radius 2 is 2.00 bits per heavy atom. The summed E-state index contributed by atoms with van der Waals surface area (Å²) in [5.41, 5.74) is 3.38. The lowest BCUT2D eigenvalue weighted by Gasteiger charge is -2.20. The molecule has 0 saturated heterocycles. The molecule has 0 radical (unpaired) electrons. The number of urea groups is 1. The van der Waals surface area contributed by atoms with E-state index in [1.807, 2.05) is 26.0 Å². The summed E-state index contributed by atoms with van der Waals surface area (Å²) in [6, 6.07) is 5.80. The number of rotatable bonds is 5. The van der Waals surface area contributed by atoms with E-state index >= 15 is 0 Å². The highest BCUT2D eigenvalue weighted by Gasteiger charge is 2.17. The Balaban J connectivity index is 2.52. The van der Waals surface area contributed by atoms with Crippen molar-refractivity contribution in [1.82, 2.24) is 10.2 Å². The fourth-order valence-corrected chi connectivity index (χ4v) is 1.92. The minimum atomic E-state index is -0.904. The number of nitrogens with one attached hydrogen (secondary N) is 1. The number of benzene rings is 1. The zero-order valence-electron chi connectivity index (χ0n) is 12.4. The van der Waals surface area contributed by atoms with Gasteiger partial charge in [0.2, 0.25) is 0 Å². The Labute approximate surface area is 119 Å². The summed E-state index contributed by atoms with van der Waals surface area (Å²) in [5.74, 6) is -1.48. The van der Waals surface area contributed by atoms with Crippen molar-refractivity contribution >= 4 is 12.0 Å². The Kier molecular flexibility index (Phi) is 5.55. The van der Waals surface area contributed by atoms with Crippen molar-refractivity contribution in [3.63, 3.8) is 0 Å². The van der Waals surface area contributed by atoms with Crippen LogP contribution in [0.25, 0.3) is 0 Å². The Bertz CT molecular complexity index is 500. The number of carboxylic acid groups (broad SMARTS) is 1. The van der Waals surface area contributed by atoms with Gasteiger partial charge in [0.25, 0.3) is 0 Å².